The van der Waals surface area contributed by atoms with Crippen molar-refractivity contribution in [2.75, 3.05) is 11.7 Å². The molecular weight excluding hydrogens is 366 g/mol. The van der Waals surface area contributed by atoms with E-state index in [2.05, 4.69) is 38.1 Å². The lowest BCUT2D eigenvalue weighted by Crippen LogP contribution is -2.33. The minimum absolute atomic E-state index is 0.200. The Morgan fingerprint density at radius 3 is 2.65 bits per heavy atom. The van der Waals surface area contributed by atoms with Crippen LogP contribution in [0.4, 0.5) is 5.82 Å². The zero-order valence-electron chi connectivity index (χ0n) is 15.6. The van der Waals surface area contributed by atoms with Crippen LogP contribution in [0.5, 0.6) is 0 Å². The summed E-state index contributed by atoms with van der Waals surface area (Å²) in [5, 5.41) is 1.84. The molecule has 138 valence electrons. The average Bonchev–Trinajstić information content (AvgIpc) is 2.97. The Morgan fingerprint density at radius 1 is 1.23 bits per heavy atom. The van der Waals surface area contributed by atoms with Gasteiger partial charge in [0.25, 0.3) is 0 Å². The standard InChI is InChI=1S/C18H23N5OS2/c1-8(2)12-10-7-24-18(3,4)6-9(10)11-13-14(26-16(11)20-12)15(23-19)22-17(21-13)25-5/h8H,6-7,19H2,1-5H3,(H,21,22,23). The normalized spacial score (nSPS) is 16.4. The molecule has 0 saturated heterocycles. The number of hydrogen-bond acceptors (Lipinski definition) is 8. The summed E-state index contributed by atoms with van der Waals surface area (Å²) in [4.78, 5) is 15.3. The molecule has 8 heteroatoms. The minimum atomic E-state index is -0.200. The zero-order chi connectivity index (χ0) is 18.6. The van der Waals surface area contributed by atoms with E-state index >= 15 is 0 Å². The third kappa shape index (κ3) is 2.76. The van der Waals surface area contributed by atoms with Crippen molar-refractivity contribution in [2.45, 2.75) is 57.4 Å². The Bertz CT molecular complexity index is 1010. The molecule has 4 heterocycles. The molecule has 26 heavy (non-hydrogen) atoms. The average molecular weight is 390 g/mol. The molecule has 3 aromatic heterocycles. The van der Waals surface area contributed by atoms with Crippen LogP contribution >= 0.6 is 23.1 Å². The SMILES string of the molecule is CSc1nc(NN)c2sc3nc(C(C)C)c4c(c3c2n1)CC(C)(C)OC4. The van der Waals surface area contributed by atoms with Crippen LogP contribution in [0.15, 0.2) is 5.16 Å². The number of hydrazine groups is 1. The second-order valence-corrected chi connectivity index (χ2v) is 9.27. The molecule has 0 radical (unpaired) electrons. The lowest BCUT2D eigenvalue weighted by molar-refractivity contribution is -0.0402. The number of thioether (sulfide) groups is 1. The molecule has 4 rings (SSSR count). The van der Waals surface area contributed by atoms with Gasteiger partial charge in [-0.2, -0.15) is 0 Å². The summed E-state index contributed by atoms with van der Waals surface area (Å²) in [6, 6.07) is 0. The summed E-state index contributed by atoms with van der Waals surface area (Å²) in [7, 11) is 0. The molecule has 0 fully saturated rings. The maximum atomic E-state index is 6.10. The van der Waals surface area contributed by atoms with Gasteiger partial charge in [0.15, 0.2) is 11.0 Å². The van der Waals surface area contributed by atoms with Gasteiger partial charge in [0.2, 0.25) is 0 Å². The number of nitrogens with one attached hydrogen (secondary N) is 1. The van der Waals surface area contributed by atoms with Gasteiger partial charge in [-0.05, 0) is 31.6 Å². The second-order valence-electron chi connectivity index (χ2n) is 7.50. The number of pyridine rings is 1. The van der Waals surface area contributed by atoms with E-state index in [1.807, 2.05) is 6.26 Å². The van der Waals surface area contributed by atoms with E-state index in [1.54, 1.807) is 11.3 Å². The summed E-state index contributed by atoms with van der Waals surface area (Å²) in [5.41, 5.74) is 7.13. The molecule has 1 aliphatic rings. The minimum Gasteiger partial charge on any atom is -0.370 e. The number of nitrogen functional groups attached to an aromatic ring is 1. The molecule has 0 aromatic carbocycles. The number of aromatic nitrogens is 3. The highest BCUT2D eigenvalue weighted by atomic mass is 32.2. The fourth-order valence-electron chi connectivity index (χ4n) is 3.55. The van der Waals surface area contributed by atoms with Crippen molar-refractivity contribution in [1.29, 1.82) is 0 Å². The van der Waals surface area contributed by atoms with Crippen molar-refractivity contribution >= 4 is 49.3 Å². The first-order chi connectivity index (χ1) is 12.3. The number of fused-ring (bicyclic) bond motifs is 5. The third-order valence-electron chi connectivity index (χ3n) is 4.77. The quantitative estimate of drug-likeness (QED) is 0.300. The summed E-state index contributed by atoms with van der Waals surface area (Å²) in [6.45, 7) is 9.24. The zero-order valence-corrected chi connectivity index (χ0v) is 17.3. The lowest BCUT2D eigenvalue weighted by Gasteiger charge is -2.33. The Labute approximate surface area is 160 Å². The first-order valence-electron chi connectivity index (χ1n) is 8.65. The predicted octanol–water partition coefficient (Wildman–Crippen LogP) is 4.22. The van der Waals surface area contributed by atoms with Gasteiger partial charge in [-0.25, -0.2) is 20.8 Å². The van der Waals surface area contributed by atoms with Crippen LogP contribution in [0.2, 0.25) is 0 Å². The number of rotatable bonds is 3. The predicted molar refractivity (Wildman–Crippen MR) is 109 cm³/mol. The Morgan fingerprint density at radius 2 is 2.00 bits per heavy atom. The van der Waals surface area contributed by atoms with E-state index in [0.29, 0.717) is 23.5 Å². The lowest BCUT2D eigenvalue weighted by atomic mass is 9.87. The molecule has 0 spiro atoms. The summed E-state index contributed by atoms with van der Waals surface area (Å²) >= 11 is 3.12. The molecule has 0 unspecified atom stereocenters. The van der Waals surface area contributed by atoms with Crippen molar-refractivity contribution < 1.29 is 4.74 Å². The van der Waals surface area contributed by atoms with Gasteiger partial charge in [-0.1, -0.05) is 25.6 Å². The van der Waals surface area contributed by atoms with Crippen LogP contribution in [0, 0.1) is 0 Å². The Kier molecular flexibility index (Phi) is 4.34. The summed E-state index contributed by atoms with van der Waals surface area (Å²) in [5.74, 6) is 6.73. The highest BCUT2D eigenvalue weighted by molar-refractivity contribution is 7.98. The Balaban J connectivity index is 2.14. The maximum absolute atomic E-state index is 6.10. The van der Waals surface area contributed by atoms with Crippen LogP contribution in [0.25, 0.3) is 20.4 Å². The van der Waals surface area contributed by atoms with Crippen molar-refractivity contribution in [3.63, 3.8) is 0 Å². The van der Waals surface area contributed by atoms with Crippen LogP contribution in [-0.2, 0) is 17.8 Å². The van der Waals surface area contributed by atoms with Gasteiger partial charge in [-0.15, -0.1) is 11.3 Å². The second kappa shape index (κ2) is 6.30. The fourth-order valence-corrected chi connectivity index (χ4v) is 5.02. The molecule has 3 aromatic rings. The van der Waals surface area contributed by atoms with Crippen LogP contribution < -0.4 is 11.3 Å². The number of nitrogens with zero attached hydrogens (tertiary/aromatic N) is 3. The van der Waals surface area contributed by atoms with E-state index in [-0.39, 0.29) is 5.60 Å². The Hall–Kier alpha value is -1.48. The van der Waals surface area contributed by atoms with Crippen LogP contribution in [0.1, 0.15) is 50.4 Å². The van der Waals surface area contributed by atoms with E-state index in [1.165, 1.54) is 22.9 Å². The van der Waals surface area contributed by atoms with Gasteiger partial charge in [0.1, 0.15) is 4.83 Å². The number of thiophene rings is 1. The first kappa shape index (κ1) is 17.9. The largest absolute Gasteiger partial charge is 0.370 e. The molecule has 6 nitrogen and oxygen atoms in total. The monoisotopic (exact) mass is 389 g/mol. The maximum Gasteiger partial charge on any atom is 0.189 e. The summed E-state index contributed by atoms with van der Waals surface area (Å²) in [6.07, 6.45) is 2.81. The number of ether oxygens (including phenoxy) is 1. The molecule has 3 N–H and O–H groups in total. The molecule has 0 bridgehead atoms. The van der Waals surface area contributed by atoms with E-state index in [4.69, 9.17) is 20.5 Å². The van der Waals surface area contributed by atoms with Crippen LogP contribution in [-0.4, -0.2) is 26.8 Å². The van der Waals surface area contributed by atoms with E-state index in [9.17, 15) is 0 Å². The first-order valence-corrected chi connectivity index (χ1v) is 10.7. The van der Waals surface area contributed by atoms with Gasteiger partial charge in [0.05, 0.1) is 28.1 Å². The van der Waals surface area contributed by atoms with Gasteiger partial charge >= 0.3 is 0 Å². The number of hydrogen-bond donors (Lipinski definition) is 2. The van der Waals surface area contributed by atoms with Gasteiger partial charge in [0, 0.05) is 17.4 Å². The van der Waals surface area contributed by atoms with Crippen molar-refractivity contribution in [3.05, 3.63) is 16.8 Å². The van der Waals surface area contributed by atoms with E-state index < -0.39 is 0 Å². The number of anilines is 1. The molecule has 0 saturated carbocycles. The topological polar surface area (TPSA) is 86.0 Å². The van der Waals surface area contributed by atoms with Crippen molar-refractivity contribution in [2.24, 2.45) is 5.84 Å². The van der Waals surface area contributed by atoms with Crippen molar-refractivity contribution in [1.82, 2.24) is 15.0 Å². The highest BCUT2D eigenvalue weighted by Crippen LogP contribution is 2.43. The molecular formula is C18H23N5OS2. The summed E-state index contributed by atoms with van der Waals surface area (Å²) < 4.78 is 7.06. The number of nitrogens with two attached hydrogens (primary N) is 1. The van der Waals surface area contributed by atoms with E-state index in [0.717, 1.165) is 32.5 Å². The van der Waals surface area contributed by atoms with Gasteiger partial charge in [-0.3, -0.25) is 0 Å². The third-order valence-corrected chi connectivity index (χ3v) is 6.39. The van der Waals surface area contributed by atoms with Gasteiger partial charge < -0.3 is 10.2 Å². The smallest absolute Gasteiger partial charge is 0.189 e. The molecule has 1 aliphatic heterocycles. The fraction of sp³-hybridized carbons (Fsp3) is 0.500. The molecule has 0 atom stereocenters. The van der Waals surface area contributed by atoms with Crippen molar-refractivity contribution in [3.8, 4) is 0 Å². The molecule has 0 amide bonds. The van der Waals surface area contributed by atoms with Crippen LogP contribution in [0.3, 0.4) is 0 Å². The molecule has 0 aliphatic carbocycles. The highest BCUT2D eigenvalue weighted by Gasteiger charge is 2.32.